The highest BCUT2D eigenvalue weighted by Crippen LogP contribution is 2.47. The van der Waals surface area contributed by atoms with Crippen LogP contribution in [0.1, 0.15) is 20.8 Å². The minimum absolute atomic E-state index is 0.154. The summed E-state index contributed by atoms with van der Waals surface area (Å²) >= 11 is 1.57. The smallest absolute Gasteiger partial charge is 0.344 e. The van der Waals surface area contributed by atoms with Crippen molar-refractivity contribution >= 4 is 28.2 Å². The summed E-state index contributed by atoms with van der Waals surface area (Å²) in [7, 11) is -0.518. The van der Waals surface area contributed by atoms with E-state index in [1.165, 1.54) is 15.4 Å². The van der Waals surface area contributed by atoms with Crippen LogP contribution in [-0.2, 0) is 20.4 Å². The van der Waals surface area contributed by atoms with Gasteiger partial charge in [-0.05, 0) is 121 Å². The van der Waals surface area contributed by atoms with E-state index in [0.29, 0.717) is 5.75 Å². The molecule has 0 aliphatic heterocycles. The zero-order valence-electron chi connectivity index (χ0n) is 29.3. The largest absolute Gasteiger partial charge is 0.482 e. The highest BCUT2D eigenvalue weighted by atomic mass is 32.2. The van der Waals surface area contributed by atoms with Crippen LogP contribution < -0.4 is 9.47 Å². The Labute approximate surface area is 312 Å². The van der Waals surface area contributed by atoms with Gasteiger partial charge in [-0.15, -0.1) is 11.3 Å². The first-order valence-electron chi connectivity index (χ1n) is 17.2. The molecule has 1 atom stereocenters. The van der Waals surface area contributed by atoms with Crippen LogP contribution in [0, 0.1) is 0 Å². The van der Waals surface area contributed by atoms with Crippen LogP contribution in [0.5, 0.6) is 16.6 Å². The van der Waals surface area contributed by atoms with Gasteiger partial charge in [0.25, 0.3) is 0 Å². The lowest BCUT2D eigenvalue weighted by Crippen LogP contribution is -2.27. The minimum atomic E-state index is -0.571. The average Bonchev–Trinajstić information content (AvgIpc) is 3.68. The van der Waals surface area contributed by atoms with Gasteiger partial charge in [0.05, 0.1) is 10.9 Å². The van der Waals surface area contributed by atoms with Crippen molar-refractivity contribution in [3.63, 3.8) is 0 Å². The maximum absolute atomic E-state index is 12.4. The summed E-state index contributed by atoms with van der Waals surface area (Å²) in [5.41, 5.74) is 6.30. The van der Waals surface area contributed by atoms with Gasteiger partial charge in [0.15, 0.2) is 26.4 Å². The molecule has 4 nitrogen and oxygen atoms in total. The maximum atomic E-state index is 12.4. The fourth-order valence-electron chi connectivity index (χ4n) is 6.06. The molecule has 0 bridgehead atoms. The first-order valence-corrected chi connectivity index (χ1v) is 19.3. The molecule has 6 heteroatoms. The normalized spacial score (nSPS) is 11.8. The van der Waals surface area contributed by atoms with Crippen LogP contribution in [-0.4, -0.2) is 18.2 Å². The van der Waals surface area contributed by atoms with E-state index in [1.54, 1.807) is 11.3 Å². The van der Waals surface area contributed by atoms with E-state index >= 15 is 0 Å². The van der Waals surface area contributed by atoms with Crippen LogP contribution in [0.25, 0.3) is 33.4 Å². The van der Waals surface area contributed by atoms with E-state index in [1.807, 2.05) is 50.4 Å². The van der Waals surface area contributed by atoms with Crippen molar-refractivity contribution < 1.29 is 19.0 Å². The number of carbonyl (C=O) groups is 1. The SMILES string of the molecule is CC(C)(C)OC(=O)COc1ccc([S+](c2ccccc2)c2ccc(-c3ccccc3)c(-c3ccccc3)c2-c2ccc(Oc3cccs3)cc2)cc1. The summed E-state index contributed by atoms with van der Waals surface area (Å²) in [6.45, 7) is 5.39. The Kier molecular flexibility index (Phi) is 10.6. The molecular formula is C46H39O4S2+. The van der Waals surface area contributed by atoms with Crippen molar-refractivity contribution in [3.05, 3.63) is 169 Å². The van der Waals surface area contributed by atoms with E-state index in [2.05, 4.69) is 140 Å². The van der Waals surface area contributed by atoms with Crippen LogP contribution >= 0.6 is 11.3 Å². The van der Waals surface area contributed by atoms with Crippen molar-refractivity contribution in [3.8, 4) is 49.9 Å². The van der Waals surface area contributed by atoms with Gasteiger partial charge in [0.1, 0.15) is 17.1 Å². The number of esters is 1. The Balaban J connectivity index is 1.39. The standard InChI is InChI=1S/C46H39O4S2/c1-46(2,3)50-42(47)32-48-36-25-27-39(28-26-36)52(38-18-11-6-12-19-38)41-30-29-40(33-14-7-4-8-15-33)44(34-16-9-5-10-17-34)45(41)35-21-23-37(24-22-35)49-43-20-13-31-51-43/h4-31H,32H2,1-3H3/q+1. The molecule has 258 valence electrons. The van der Waals surface area contributed by atoms with Gasteiger partial charge >= 0.3 is 5.97 Å². The summed E-state index contributed by atoms with van der Waals surface area (Å²) in [6.07, 6.45) is 0. The molecule has 0 N–H and O–H groups in total. The molecule has 1 heterocycles. The van der Waals surface area contributed by atoms with E-state index in [9.17, 15) is 4.79 Å². The Bertz CT molecular complexity index is 2210. The summed E-state index contributed by atoms with van der Waals surface area (Å²) in [6, 6.07) is 57.0. The van der Waals surface area contributed by atoms with Crippen molar-refractivity contribution in [1.82, 2.24) is 0 Å². The summed E-state index contributed by atoms with van der Waals surface area (Å²) < 4.78 is 17.5. The van der Waals surface area contributed by atoms with E-state index in [-0.39, 0.29) is 6.61 Å². The lowest BCUT2D eigenvalue weighted by atomic mass is 9.87. The molecule has 0 spiro atoms. The molecule has 7 rings (SSSR count). The molecule has 7 aromatic rings. The third-order valence-electron chi connectivity index (χ3n) is 8.21. The maximum Gasteiger partial charge on any atom is 0.344 e. The number of carbonyl (C=O) groups excluding carboxylic acids is 1. The Morgan fingerprint density at radius 2 is 1.15 bits per heavy atom. The second-order valence-corrected chi connectivity index (χ2v) is 16.0. The number of thiophene rings is 1. The zero-order chi connectivity index (χ0) is 35.9. The second kappa shape index (κ2) is 15.8. The molecule has 0 saturated heterocycles. The molecule has 0 aliphatic rings. The zero-order valence-corrected chi connectivity index (χ0v) is 31.0. The number of ether oxygens (including phenoxy) is 3. The van der Waals surface area contributed by atoms with Gasteiger partial charge in [0.2, 0.25) is 0 Å². The van der Waals surface area contributed by atoms with Crippen LogP contribution in [0.4, 0.5) is 0 Å². The molecule has 0 saturated carbocycles. The monoisotopic (exact) mass is 719 g/mol. The molecule has 0 amide bonds. The van der Waals surface area contributed by atoms with Gasteiger partial charge in [-0.25, -0.2) is 4.79 Å². The average molecular weight is 720 g/mol. The lowest BCUT2D eigenvalue weighted by Gasteiger charge is -2.20. The molecule has 0 aliphatic carbocycles. The van der Waals surface area contributed by atoms with Crippen molar-refractivity contribution in [2.45, 2.75) is 41.1 Å². The highest BCUT2D eigenvalue weighted by molar-refractivity contribution is 7.97. The lowest BCUT2D eigenvalue weighted by molar-refractivity contribution is -0.157. The topological polar surface area (TPSA) is 44.8 Å². The molecule has 52 heavy (non-hydrogen) atoms. The van der Waals surface area contributed by atoms with Crippen molar-refractivity contribution in [1.29, 1.82) is 0 Å². The summed E-state index contributed by atoms with van der Waals surface area (Å²) in [5, 5.41) is 2.87. The van der Waals surface area contributed by atoms with Crippen molar-refractivity contribution in [2.75, 3.05) is 6.61 Å². The minimum Gasteiger partial charge on any atom is -0.482 e. The van der Waals surface area contributed by atoms with Gasteiger partial charge < -0.3 is 14.2 Å². The van der Waals surface area contributed by atoms with Crippen LogP contribution in [0.3, 0.4) is 0 Å². The van der Waals surface area contributed by atoms with Gasteiger partial charge in [-0.1, -0.05) is 91.0 Å². The molecular weight excluding hydrogens is 681 g/mol. The summed E-state index contributed by atoms with van der Waals surface area (Å²) in [5.74, 6) is 0.999. The first kappa shape index (κ1) is 34.9. The predicted octanol–water partition coefficient (Wildman–Crippen LogP) is 12.4. The third kappa shape index (κ3) is 8.31. The molecule has 6 aromatic carbocycles. The van der Waals surface area contributed by atoms with E-state index in [0.717, 1.165) is 43.5 Å². The quantitative estimate of drug-likeness (QED) is 0.0986. The van der Waals surface area contributed by atoms with Gasteiger partial charge in [-0.2, -0.15) is 0 Å². The molecule has 1 unspecified atom stereocenters. The Hall–Kier alpha value is -5.56. The second-order valence-electron chi connectivity index (χ2n) is 13.1. The number of benzene rings is 6. The van der Waals surface area contributed by atoms with Crippen LogP contribution in [0.2, 0.25) is 0 Å². The Morgan fingerprint density at radius 3 is 1.77 bits per heavy atom. The van der Waals surface area contributed by atoms with Crippen LogP contribution in [0.15, 0.2) is 184 Å². The Morgan fingerprint density at radius 1 is 0.577 bits per heavy atom. The highest BCUT2D eigenvalue weighted by Gasteiger charge is 2.34. The fraction of sp³-hybridized carbons (Fsp3) is 0.109. The number of hydrogen-bond acceptors (Lipinski definition) is 5. The first-order chi connectivity index (χ1) is 25.3. The summed E-state index contributed by atoms with van der Waals surface area (Å²) in [4.78, 5) is 15.9. The van der Waals surface area contributed by atoms with E-state index < -0.39 is 22.5 Å². The molecule has 0 radical (unpaired) electrons. The number of hydrogen-bond donors (Lipinski definition) is 0. The van der Waals surface area contributed by atoms with Gasteiger partial charge in [0, 0.05) is 11.1 Å². The predicted molar refractivity (Wildman–Crippen MR) is 214 cm³/mol. The molecule has 0 fully saturated rings. The fourth-order valence-corrected chi connectivity index (χ4v) is 8.90. The molecule has 1 aromatic heterocycles. The van der Waals surface area contributed by atoms with E-state index in [4.69, 9.17) is 14.2 Å². The third-order valence-corrected chi connectivity index (χ3v) is 11.2. The van der Waals surface area contributed by atoms with Crippen molar-refractivity contribution in [2.24, 2.45) is 0 Å². The van der Waals surface area contributed by atoms with Gasteiger partial charge in [-0.3, -0.25) is 0 Å². The number of rotatable bonds is 11.